The van der Waals surface area contributed by atoms with E-state index in [0.717, 1.165) is 22.2 Å². The van der Waals surface area contributed by atoms with Gasteiger partial charge in [0.25, 0.3) is 0 Å². The van der Waals surface area contributed by atoms with Gasteiger partial charge in [-0.15, -0.1) is 0 Å². The number of hydrogen-bond acceptors (Lipinski definition) is 5. The van der Waals surface area contributed by atoms with Gasteiger partial charge < -0.3 is 13.7 Å². The van der Waals surface area contributed by atoms with Crippen LogP contribution in [-0.2, 0) is 9.31 Å². The number of aromatic nitrogens is 1. The van der Waals surface area contributed by atoms with Gasteiger partial charge in [0.05, 0.1) is 16.8 Å². The van der Waals surface area contributed by atoms with Crippen molar-refractivity contribution in [3.63, 3.8) is 0 Å². The van der Waals surface area contributed by atoms with Gasteiger partial charge in [-0.3, -0.25) is 0 Å². The Kier molecular flexibility index (Phi) is 4.41. The van der Waals surface area contributed by atoms with Gasteiger partial charge in [0.1, 0.15) is 11.6 Å². The molecule has 0 amide bonds. The highest BCUT2D eigenvalue weighted by Gasteiger charge is 2.52. The molecule has 5 nitrogen and oxygen atoms in total. The van der Waals surface area contributed by atoms with E-state index in [1.54, 1.807) is 12.1 Å². The summed E-state index contributed by atoms with van der Waals surface area (Å²) >= 11 is 0. The van der Waals surface area contributed by atoms with Crippen LogP contribution in [0.2, 0.25) is 0 Å². The molecule has 0 bridgehead atoms. The fraction of sp³-hybridized carbons (Fsp3) is 0.304. The lowest BCUT2D eigenvalue weighted by Gasteiger charge is -2.32. The zero-order valence-corrected chi connectivity index (χ0v) is 17.4. The highest BCUT2D eigenvalue weighted by Crippen LogP contribution is 2.37. The second kappa shape index (κ2) is 6.58. The Morgan fingerprint density at radius 1 is 1.14 bits per heavy atom. The summed E-state index contributed by atoms with van der Waals surface area (Å²) in [5.41, 5.74) is 4.31. The number of benzene rings is 2. The van der Waals surface area contributed by atoms with Crippen molar-refractivity contribution >= 4 is 29.8 Å². The monoisotopic (exact) mass is 386 g/mol. The van der Waals surface area contributed by atoms with Crippen molar-refractivity contribution < 1.29 is 13.7 Å². The summed E-state index contributed by atoms with van der Waals surface area (Å²) in [6.07, 6.45) is 1.69. The van der Waals surface area contributed by atoms with Gasteiger partial charge in [-0.2, -0.15) is 5.26 Å². The zero-order valence-electron chi connectivity index (χ0n) is 17.4. The standard InChI is InChI=1S/C23H23BN2O3/c1-7-15-11-16(13-25)20-19(12-15)26-21(27-20)17-9-8-10-18(14(17)2)24-28-22(3,4)23(5,6)29-24/h7-12H,1H2,2-6H3. The molecule has 1 fully saturated rings. The fourth-order valence-corrected chi connectivity index (χ4v) is 3.48. The zero-order chi connectivity index (χ0) is 21.0. The molecule has 2 aromatic carbocycles. The van der Waals surface area contributed by atoms with E-state index in [2.05, 4.69) is 17.6 Å². The van der Waals surface area contributed by atoms with Crippen molar-refractivity contribution in [2.75, 3.05) is 0 Å². The third-order valence-electron chi connectivity index (χ3n) is 5.98. The Balaban J connectivity index is 1.81. The van der Waals surface area contributed by atoms with E-state index in [1.165, 1.54) is 0 Å². The van der Waals surface area contributed by atoms with Crippen LogP contribution in [0.5, 0.6) is 0 Å². The maximum Gasteiger partial charge on any atom is 0.495 e. The molecule has 0 aliphatic carbocycles. The molecule has 0 saturated carbocycles. The molecule has 0 atom stereocenters. The topological polar surface area (TPSA) is 68.3 Å². The first-order valence-electron chi connectivity index (χ1n) is 9.59. The van der Waals surface area contributed by atoms with Crippen LogP contribution in [0.25, 0.3) is 28.6 Å². The molecule has 4 rings (SSSR count). The third-order valence-corrected chi connectivity index (χ3v) is 5.98. The molecule has 0 radical (unpaired) electrons. The predicted octanol–water partition coefficient (Wildman–Crippen LogP) is 4.62. The molecule has 146 valence electrons. The SMILES string of the molecule is C=Cc1cc(C#N)c2oc(-c3cccc(B4OC(C)(C)C(C)(C)O4)c3C)nc2c1. The molecule has 0 spiro atoms. The second-order valence-electron chi connectivity index (χ2n) is 8.36. The van der Waals surface area contributed by atoms with Gasteiger partial charge in [0.15, 0.2) is 5.58 Å². The molecule has 1 aliphatic heterocycles. The molecule has 6 heteroatoms. The van der Waals surface area contributed by atoms with Gasteiger partial charge in [0, 0.05) is 5.56 Å². The fourth-order valence-electron chi connectivity index (χ4n) is 3.48. The average molecular weight is 386 g/mol. The van der Waals surface area contributed by atoms with E-state index in [0.29, 0.717) is 22.6 Å². The van der Waals surface area contributed by atoms with Crippen molar-refractivity contribution in [1.82, 2.24) is 4.98 Å². The van der Waals surface area contributed by atoms with E-state index >= 15 is 0 Å². The molecule has 29 heavy (non-hydrogen) atoms. The van der Waals surface area contributed by atoms with E-state index < -0.39 is 18.3 Å². The number of fused-ring (bicyclic) bond motifs is 1. The van der Waals surface area contributed by atoms with E-state index in [9.17, 15) is 5.26 Å². The average Bonchev–Trinajstić information content (AvgIpc) is 3.18. The van der Waals surface area contributed by atoms with Crippen molar-refractivity contribution in [2.24, 2.45) is 0 Å². The van der Waals surface area contributed by atoms with Crippen LogP contribution in [0.15, 0.2) is 41.3 Å². The van der Waals surface area contributed by atoms with Crippen LogP contribution in [-0.4, -0.2) is 23.3 Å². The normalized spacial score (nSPS) is 17.4. The van der Waals surface area contributed by atoms with Crippen molar-refractivity contribution in [2.45, 2.75) is 45.8 Å². The van der Waals surface area contributed by atoms with Crippen LogP contribution in [0.1, 0.15) is 44.4 Å². The Hall–Kier alpha value is -2.88. The highest BCUT2D eigenvalue weighted by atomic mass is 16.7. The summed E-state index contributed by atoms with van der Waals surface area (Å²) in [6.45, 7) is 13.9. The second-order valence-corrected chi connectivity index (χ2v) is 8.36. The Bertz CT molecular complexity index is 1150. The number of oxazole rings is 1. The van der Waals surface area contributed by atoms with Crippen molar-refractivity contribution in [3.05, 3.63) is 53.6 Å². The van der Waals surface area contributed by atoms with E-state index in [-0.39, 0.29) is 0 Å². The molecule has 1 saturated heterocycles. The Labute approximate surface area is 171 Å². The van der Waals surface area contributed by atoms with Crippen LogP contribution in [0.4, 0.5) is 0 Å². The molecular formula is C23H23BN2O3. The van der Waals surface area contributed by atoms with Crippen LogP contribution in [0, 0.1) is 18.3 Å². The summed E-state index contributed by atoms with van der Waals surface area (Å²) < 4.78 is 18.4. The molecule has 1 aliphatic rings. The largest absolute Gasteiger partial charge is 0.495 e. The van der Waals surface area contributed by atoms with Crippen LogP contribution >= 0.6 is 0 Å². The minimum atomic E-state index is -0.466. The van der Waals surface area contributed by atoms with Crippen molar-refractivity contribution in [3.8, 4) is 17.5 Å². The summed E-state index contributed by atoms with van der Waals surface area (Å²) in [6, 6.07) is 11.7. The van der Waals surface area contributed by atoms with Gasteiger partial charge in [-0.25, -0.2) is 4.98 Å². The number of hydrogen-bond donors (Lipinski definition) is 0. The highest BCUT2D eigenvalue weighted by molar-refractivity contribution is 6.62. The minimum absolute atomic E-state index is 0.416. The number of rotatable bonds is 3. The molecular weight excluding hydrogens is 363 g/mol. The quantitative estimate of drug-likeness (QED) is 0.615. The van der Waals surface area contributed by atoms with E-state index in [1.807, 2.05) is 58.9 Å². The Morgan fingerprint density at radius 3 is 2.45 bits per heavy atom. The molecule has 0 unspecified atom stereocenters. The smallest absolute Gasteiger partial charge is 0.435 e. The summed E-state index contributed by atoms with van der Waals surface area (Å²) in [7, 11) is -0.466. The minimum Gasteiger partial charge on any atom is -0.435 e. The van der Waals surface area contributed by atoms with Crippen LogP contribution < -0.4 is 5.46 Å². The van der Waals surface area contributed by atoms with E-state index in [4.69, 9.17) is 13.7 Å². The van der Waals surface area contributed by atoms with Gasteiger partial charge in [-0.1, -0.05) is 24.8 Å². The summed E-state index contributed by atoms with van der Waals surface area (Å²) in [5, 5.41) is 9.47. The maximum atomic E-state index is 9.47. The third kappa shape index (κ3) is 3.07. The lowest BCUT2D eigenvalue weighted by molar-refractivity contribution is 0.00578. The summed E-state index contributed by atoms with van der Waals surface area (Å²) in [5.74, 6) is 0.466. The van der Waals surface area contributed by atoms with Gasteiger partial charge >= 0.3 is 7.12 Å². The first-order chi connectivity index (χ1) is 13.7. The number of nitriles is 1. The molecule has 2 heterocycles. The van der Waals surface area contributed by atoms with Gasteiger partial charge in [-0.05, 0) is 69.4 Å². The van der Waals surface area contributed by atoms with Crippen molar-refractivity contribution in [1.29, 1.82) is 5.26 Å². The predicted molar refractivity (Wildman–Crippen MR) is 115 cm³/mol. The lowest BCUT2D eigenvalue weighted by atomic mass is 9.75. The molecule has 3 aromatic rings. The lowest BCUT2D eigenvalue weighted by Crippen LogP contribution is -2.41. The summed E-state index contributed by atoms with van der Waals surface area (Å²) in [4.78, 5) is 4.64. The van der Waals surface area contributed by atoms with Crippen LogP contribution in [0.3, 0.4) is 0 Å². The van der Waals surface area contributed by atoms with Gasteiger partial charge in [0.2, 0.25) is 5.89 Å². The molecule has 0 N–H and O–H groups in total. The maximum absolute atomic E-state index is 9.47. The number of nitrogens with zero attached hydrogens (tertiary/aromatic N) is 2. The first-order valence-corrected chi connectivity index (χ1v) is 9.59. The first kappa shape index (κ1) is 19.4. The molecule has 1 aromatic heterocycles. The Morgan fingerprint density at radius 2 is 1.83 bits per heavy atom.